The van der Waals surface area contributed by atoms with Gasteiger partial charge in [0.2, 0.25) is 0 Å². The van der Waals surface area contributed by atoms with Gasteiger partial charge in [0.1, 0.15) is 0 Å². The largest absolute Gasteiger partial charge is 0 e. The minimum absolute atomic E-state index is 0. The van der Waals surface area contributed by atoms with Crippen molar-refractivity contribution in [1.82, 2.24) is 0 Å². The number of rotatable bonds is 0. The Bertz CT molecular complexity index is 11.6. The molecule has 0 aromatic heterocycles. The zero-order chi connectivity index (χ0) is 2.00. The summed E-state index contributed by atoms with van der Waals surface area (Å²) in [6.07, 6.45) is 0. The Kier molecular flexibility index (Phi) is 122. The van der Waals surface area contributed by atoms with Crippen molar-refractivity contribution in [3.05, 3.63) is 0 Å². The molecule has 0 saturated heterocycles. The smallest absolute Gasteiger partial charge is 0 e. The molecule has 4 radical (unpaired) electrons. The predicted octanol–water partition coefficient (Wildman–Crippen LogP) is -0.505. The van der Waals surface area contributed by atoms with E-state index >= 15 is 0 Å². The Hall–Kier alpha value is 3.50. The molecule has 0 unspecified atom stereocenters. The maximum atomic E-state index is 7.94. The molecule has 0 saturated carbocycles. The van der Waals surface area contributed by atoms with Crippen molar-refractivity contribution in [1.29, 1.82) is 0 Å². The van der Waals surface area contributed by atoms with Gasteiger partial charge in [0.05, 0.1) is 0 Å². The summed E-state index contributed by atoms with van der Waals surface area (Å²) in [5, 5.41) is 0. The van der Waals surface area contributed by atoms with E-state index < -0.39 is 0 Å². The minimum atomic E-state index is 0. The Morgan fingerprint density at radius 3 is 1.20 bits per heavy atom. The average molecular weight is 356 g/mol. The van der Waals surface area contributed by atoms with E-state index in [1.165, 1.54) is 0 Å². The van der Waals surface area contributed by atoms with Gasteiger partial charge >= 0.3 is 19.5 Å². The van der Waals surface area contributed by atoms with E-state index in [0.717, 1.165) is 0 Å². The Morgan fingerprint density at radius 1 is 1.20 bits per heavy atom. The summed E-state index contributed by atoms with van der Waals surface area (Å²) in [6.45, 7) is 0. The van der Waals surface area contributed by atoms with Crippen molar-refractivity contribution in [3.63, 3.8) is 0 Å². The van der Waals surface area contributed by atoms with Crippen molar-refractivity contribution >= 4 is 45.5 Å². The first kappa shape index (κ1) is 23.6. The molecule has 27 valence electrons. The second-order valence-electron chi connectivity index (χ2n) is 0. The standard InChI is InChI=1S/Co.La.Mn.O.Sr. The van der Waals surface area contributed by atoms with Crippen LogP contribution in [0.2, 0.25) is 0 Å². The Morgan fingerprint density at radius 2 is 1.20 bits per heavy atom. The molecular formula is CoLaMnOSr. The van der Waals surface area contributed by atoms with Crippen LogP contribution >= 0.6 is 0 Å². The van der Waals surface area contributed by atoms with E-state index in [0.29, 0.717) is 0 Å². The maximum absolute atomic E-state index is 7.94. The summed E-state index contributed by atoms with van der Waals surface area (Å²) >= 11 is 2.31. The molecular weight excluding hydrogens is 356 g/mol. The molecule has 0 fully saturated rings. The van der Waals surface area contributed by atoms with Crippen LogP contribution in [-0.2, 0) is 36.6 Å². The van der Waals surface area contributed by atoms with Crippen molar-refractivity contribution in [3.8, 4) is 0 Å². The number of hydrogen-bond acceptors (Lipinski definition) is 1. The monoisotopic (exact) mass is 357 g/mol. The summed E-state index contributed by atoms with van der Waals surface area (Å²) in [5.74, 6) is 0. The van der Waals surface area contributed by atoms with Crippen LogP contribution in [0, 0.1) is 35.6 Å². The summed E-state index contributed by atoms with van der Waals surface area (Å²) in [5.41, 5.74) is 0. The van der Waals surface area contributed by atoms with Gasteiger partial charge in [0.25, 0.3) is 0 Å². The van der Waals surface area contributed by atoms with E-state index in [1.807, 2.05) is 0 Å². The van der Waals surface area contributed by atoms with Crippen LogP contribution in [0.4, 0.5) is 0 Å². The third-order valence-corrected chi connectivity index (χ3v) is 0. The molecule has 0 spiro atoms. The summed E-state index contributed by atoms with van der Waals surface area (Å²) < 4.78 is 7.94. The van der Waals surface area contributed by atoms with Gasteiger partial charge in [-0.05, 0) is 0 Å². The zero-order valence-electron chi connectivity index (χ0n) is 2.40. The van der Waals surface area contributed by atoms with Crippen molar-refractivity contribution in [2.24, 2.45) is 0 Å². The molecule has 0 aliphatic heterocycles. The first-order valence-corrected chi connectivity index (χ1v) is 0.561. The van der Waals surface area contributed by atoms with Crippen LogP contribution < -0.4 is 0 Å². The molecule has 0 amide bonds. The first-order valence-electron chi connectivity index (χ1n) is 0.136. The van der Waals surface area contributed by atoms with Gasteiger partial charge in [-0.1, -0.05) is 0 Å². The molecule has 0 atom stereocenters. The zero-order valence-corrected chi connectivity index (χ0v) is 11.7. The van der Waals surface area contributed by atoms with Crippen molar-refractivity contribution < 1.29 is 72.2 Å². The number of hydrogen-bond donors (Lipinski definition) is 0. The van der Waals surface area contributed by atoms with E-state index in [1.54, 1.807) is 0 Å². The summed E-state index contributed by atoms with van der Waals surface area (Å²) in [6, 6.07) is 0. The van der Waals surface area contributed by atoms with Gasteiger partial charge in [0, 0.05) is 98.1 Å². The van der Waals surface area contributed by atoms with E-state index in [2.05, 4.69) is 15.7 Å². The SMILES string of the molecule is [La].[Mn].[O]=[Co].[Sr]. The topological polar surface area (TPSA) is 17.1 Å². The summed E-state index contributed by atoms with van der Waals surface area (Å²) in [7, 11) is 0. The minimum Gasteiger partial charge on any atom is 0 e. The molecule has 0 aromatic carbocycles. The van der Waals surface area contributed by atoms with Crippen LogP contribution in [0.1, 0.15) is 0 Å². The van der Waals surface area contributed by atoms with Crippen molar-refractivity contribution in [2.75, 3.05) is 0 Å². The van der Waals surface area contributed by atoms with Crippen LogP contribution in [0.15, 0.2) is 0 Å². The molecule has 0 aliphatic rings. The van der Waals surface area contributed by atoms with Crippen LogP contribution in [0.3, 0.4) is 0 Å². The van der Waals surface area contributed by atoms with E-state index in [-0.39, 0.29) is 98.1 Å². The molecule has 0 aromatic rings. The molecule has 0 rings (SSSR count). The van der Waals surface area contributed by atoms with Gasteiger partial charge in [0.15, 0.2) is 0 Å². The molecule has 5 heavy (non-hydrogen) atoms. The van der Waals surface area contributed by atoms with Crippen molar-refractivity contribution in [2.45, 2.75) is 0 Å². The predicted molar refractivity (Wildman–Crippen MR) is 6.44 cm³/mol. The molecule has 0 aliphatic carbocycles. The maximum Gasteiger partial charge on any atom is 0 e. The normalized spacial score (nSPS) is 1.00. The van der Waals surface area contributed by atoms with Crippen LogP contribution in [-0.4, -0.2) is 45.5 Å². The van der Waals surface area contributed by atoms with Gasteiger partial charge in [-0.15, -0.1) is 0 Å². The van der Waals surface area contributed by atoms with Gasteiger partial charge in [-0.2, -0.15) is 0 Å². The van der Waals surface area contributed by atoms with Gasteiger partial charge in [-0.25, -0.2) is 0 Å². The molecule has 0 heterocycles. The molecule has 5 heteroatoms. The third kappa shape index (κ3) is 18.5. The second-order valence-corrected chi connectivity index (χ2v) is 0. The quantitative estimate of drug-likeness (QED) is 0.535. The summed E-state index contributed by atoms with van der Waals surface area (Å²) in [4.78, 5) is 0. The van der Waals surface area contributed by atoms with Gasteiger partial charge in [-0.3, -0.25) is 0 Å². The third-order valence-electron chi connectivity index (χ3n) is 0. The van der Waals surface area contributed by atoms with Gasteiger partial charge < -0.3 is 0 Å². The van der Waals surface area contributed by atoms with E-state index in [9.17, 15) is 0 Å². The van der Waals surface area contributed by atoms with Crippen LogP contribution in [0.5, 0.6) is 0 Å². The molecule has 1 nitrogen and oxygen atoms in total. The molecule has 0 N–H and O–H groups in total. The average Bonchev–Trinajstić information content (AvgIpc) is 1.00. The Balaban J connectivity index is -0.00000000167. The van der Waals surface area contributed by atoms with Crippen LogP contribution in [0.25, 0.3) is 0 Å². The fourth-order valence-corrected chi connectivity index (χ4v) is 0. The molecule has 0 bridgehead atoms. The first-order chi connectivity index (χ1) is 1.00. The second kappa shape index (κ2) is 25.9. The van der Waals surface area contributed by atoms with E-state index in [4.69, 9.17) is 3.87 Å². The Labute approximate surface area is 115 Å². The fraction of sp³-hybridized carbons (Fsp3) is 0. The fourth-order valence-electron chi connectivity index (χ4n) is 0.